The molecule has 0 aliphatic heterocycles. The van der Waals surface area contributed by atoms with Gasteiger partial charge in [-0.15, -0.1) is 0 Å². The topological polar surface area (TPSA) is 26.3 Å². The number of rotatable bonds is 5. The smallest absolute Gasteiger partial charge is 0.149 e. The quantitative estimate of drug-likeness (QED) is 0.670. The van der Waals surface area contributed by atoms with Gasteiger partial charge in [0.1, 0.15) is 12.4 Å². The SMILES string of the molecule is CC(C)[C@H](C=O)OCc1ccccc1. The van der Waals surface area contributed by atoms with Crippen molar-refractivity contribution < 1.29 is 9.53 Å². The molecule has 1 rings (SSSR count). The number of hydrogen-bond donors (Lipinski definition) is 0. The molecule has 0 radical (unpaired) electrons. The molecule has 0 aliphatic rings. The highest BCUT2D eigenvalue weighted by atomic mass is 16.5. The van der Waals surface area contributed by atoms with Crippen molar-refractivity contribution in [2.45, 2.75) is 26.6 Å². The first-order valence-electron chi connectivity index (χ1n) is 4.85. The fourth-order valence-electron chi connectivity index (χ4n) is 1.16. The summed E-state index contributed by atoms with van der Waals surface area (Å²) in [4.78, 5) is 10.6. The molecule has 2 nitrogen and oxygen atoms in total. The molecular weight excluding hydrogens is 176 g/mol. The number of carbonyl (C=O) groups is 1. The molecule has 0 heterocycles. The van der Waals surface area contributed by atoms with Gasteiger partial charge in [-0.1, -0.05) is 44.2 Å². The molecule has 0 aliphatic carbocycles. The summed E-state index contributed by atoms with van der Waals surface area (Å²) in [6.07, 6.45) is 0.573. The van der Waals surface area contributed by atoms with Crippen LogP contribution in [0.4, 0.5) is 0 Å². The Morgan fingerprint density at radius 3 is 2.43 bits per heavy atom. The fraction of sp³-hybridized carbons (Fsp3) is 0.417. The predicted molar refractivity (Wildman–Crippen MR) is 55.9 cm³/mol. The maximum Gasteiger partial charge on any atom is 0.149 e. The van der Waals surface area contributed by atoms with Crippen LogP contribution in [-0.4, -0.2) is 12.4 Å². The Morgan fingerprint density at radius 1 is 1.29 bits per heavy atom. The van der Waals surface area contributed by atoms with Crippen LogP contribution < -0.4 is 0 Å². The number of carbonyl (C=O) groups excluding carboxylic acids is 1. The third kappa shape index (κ3) is 3.30. The first kappa shape index (κ1) is 10.9. The third-order valence-electron chi connectivity index (χ3n) is 2.08. The van der Waals surface area contributed by atoms with Crippen LogP contribution in [0.15, 0.2) is 30.3 Å². The Bertz CT molecular complexity index is 267. The summed E-state index contributed by atoms with van der Waals surface area (Å²) in [6.45, 7) is 4.45. The lowest BCUT2D eigenvalue weighted by molar-refractivity contribution is -0.121. The lowest BCUT2D eigenvalue weighted by atomic mass is 10.1. The Balaban J connectivity index is 2.43. The van der Waals surface area contributed by atoms with Crippen LogP contribution in [0, 0.1) is 5.92 Å². The van der Waals surface area contributed by atoms with E-state index in [1.165, 1.54) is 0 Å². The van der Waals surface area contributed by atoms with Crippen LogP contribution in [-0.2, 0) is 16.1 Å². The van der Waals surface area contributed by atoms with Crippen molar-refractivity contribution in [3.8, 4) is 0 Å². The van der Waals surface area contributed by atoms with E-state index in [2.05, 4.69) is 0 Å². The van der Waals surface area contributed by atoms with Crippen molar-refractivity contribution in [2.24, 2.45) is 5.92 Å². The molecule has 0 amide bonds. The zero-order valence-corrected chi connectivity index (χ0v) is 8.64. The van der Waals surface area contributed by atoms with E-state index in [1.807, 2.05) is 44.2 Å². The van der Waals surface area contributed by atoms with Crippen molar-refractivity contribution in [3.63, 3.8) is 0 Å². The molecule has 76 valence electrons. The average molecular weight is 192 g/mol. The minimum absolute atomic E-state index is 0.233. The second-order valence-corrected chi connectivity index (χ2v) is 3.64. The van der Waals surface area contributed by atoms with E-state index in [-0.39, 0.29) is 12.0 Å². The van der Waals surface area contributed by atoms with E-state index in [9.17, 15) is 4.79 Å². The zero-order valence-electron chi connectivity index (χ0n) is 8.64. The zero-order chi connectivity index (χ0) is 10.4. The summed E-state index contributed by atoms with van der Waals surface area (Å²) in [5.41, 5.74) is 1.10. The molecule has 14 heavy (non-hydrogen) atoms. The van der Waals surface area contributed by atoms with Gasteiger partial charge in [0.05, 0.1) is 6.61 Å². The van der Waals surface area contributed by atoms with E-state index in [0.29, 0.717) is 6.61 Å². The fourth-order valence-corrected chi connectivity index (χ4v) is 1.16. The molecule has 0 saturated heterocycles. The lowest BCUT2D eigenvalue weighted by Gasteiger charge is -2.15. The maximum absolute atomic E-state index is 10.6. The van der Waals surface area contributed by atoms with Gasteiger partial charge in [-0.3, -0.25) is 0 Å². The van der Waals surface area contributed by atoms with Crippen molar-refractivity contribution in [2.75, 3.05) is 0 Å². The van der Waals surface area contributed by atoms with Gasteiger partial charge in [0.25, 0.3) is 0 Å². The van der Waals surface area contributed by atoms with Crippen LogP contribution in [0.2, 0.25) is 0 Å². The summed E-state index contributed by atoms with van der Waals surface area (Å²) in [5, 5.41) is 0. The van der Waals surface area contributed by atoms with E-state index in [4.69, 9.17) is 4.74 Å². The Labute approximate surface area is 84.9 Å². The Hall–Kier alpha value is -1.15. The van der Waals surface area contributed by atoms with Gasteiger partial charge in [-0.05, 0) is 11.5 Å². The molecular formula is C12H16O2. The minimum Gasteiger partial charge on any atom is -0.366 e. The highest BCUT2D eigenvalue weighted by molar-refractivity contribution is 5.56. The maximum atomic E-state index is 10.6. The van der Waals surface area contributed by atoms with Crippen molar-refractivity contribution >= 4 is 6.29 Å². The first-order chi connectivity index (χ1) is 6.74. The number of hydrogen-bond acceptors (Lipinski definition) is 2. The van der Waals surface area contributed by atoms with Crippen molar-refractivity contribution in [3.05, 3.63) is 35.9 Å². The molecule has 0 saturated carbocycles. The molecule has 0 fully saturated rings. The normalized spacial score (nSPS) is 12.8. The van der Waals surface area contributed by atoms with E-state index in [1.54, 1.807) is 0 Å². The molecule has 0 bridgehead atoms. The molecule has 2 heteroatoms. The minimum atomic E-state index is -0.296. The van der Waals surface area contributed by atoms with Gasteiger partial charge in [-0.2, -0.15) is 0 Å². The number of ether oxygens (including phenoxy) is 1. The molecule has 1 atom stereocenters. The van der Waals surface area contributed by atoms with Gasteiger partial charge in [0.2, 0.25) is 0 Å². The van der Waals surface area contributed by atoms with Crippen LogP contribution in [0.5, 0.6) is 0 Å². The lowest BCUT2D eigenvalue weighted by Crippen LogP contribution is -2.20. The molecule has 1 aromatic carbocycles. The summed E-state index contributed by atoms with van der Waals surface area (Å²) in [5.74, 6) is 0.233. The van der Waals surface area contributed by atoms with Crippen LogP contribution in [0.25, 0.3) is 0 Å². The van der Waals surface area contributed by atoms with Crippen LogP contribution >= 0.6 is 0 Å². The van der Waals surface area contributed by atoms with Gasteiger partial charge in [-0.25, -0.2) is 0 Å². The third-order valence-corrected chi connectivity index (χ3v) is 2.08. The number of benzene rings is 1. The number of aldehydes is 1. The summed E-state index contributed by atoms with van der Waals surface area (Å²) >= 11 is 0. The Morgan fingerprint density at radius 2 is 1.93 bits per heavy atom. The first-order valence-corrected chi connectivity index (χ1v) is 4.85. The average Bonchev–Trinajstić information content (AvgIpc) is 2.20. The second-order valence-electron chi connectivity index (χ2n) is 3.64. The van der Waals surface area contributed by atoms with E-state index < -0.39 is 0 Å². The van der Waals surface area contributed by atoms with E-state index in [0.717, 1.165) is 11.8 Å². The van der Waals surface area contributed by atoms with Gasteiger partial charge in [0, 0.05) is 0 Å². The highest BCUT2D eigenvalue weighted by Crippen LogP contribution is 2.08. The summed E-state index contributed by atoms with van der Waals surface area (Å²) < 4.78 is 5.47. The molecule has 0 N–H and O–H groups in total. The van der Waals surface area contributed by atoms with Gasteiger partial charge in [0.15, 0.2) is 0 Å². The molecule has 0 aromatic heterocycles. The second kappa shape index (κ2) is 5.55. The standard InChI is InChI=1S/C12H16O2/c1-10(2)12(8-13)14-9-11-6-4-3-5-7-11/h3-8,10,12H,9H2,1-2H3/t12-/m0/s1. The van der Waals surface area contributed by atoms with E-state index >= 15 is 0 Å². The molecule has 0 spiro atoms. The molecule has 1 aromatic rings. The highest BCUT2D eigenvalue weighted by Gasteiger charge is 2.11. The van der Waals surface area contributed by atoms with Gasteiger partial charge < -0.3 is 9.53 Å². The van der Waals surface area contributed by atoms with Crippen molar-refractivity contribution in [1.29, 1.82) is 0 Å². The predicted octanol–water partition coefficient (Wildman–Crippen LogP) is 2.43. The Kier molecular flexibility index (Phi) is 4.33. The van der Waals surface area contributed by atoms with Crippen LogP contribution in [0.3, 0.4) is 0 Å². The van der Waals surface area contributed by atoms with Crippen molar-refractivity contribution in [1.82, 2.24) is 0 Å². The van der Waals surface area contributed by atoms with Gasteiger partial charge >= 0.3 is 0 Å². The van der Waals surface area contributed by atoms with Crippen LogP contribution in [0.1, 0.15) is 19.4 Å². The largest absolute Gasteiger partial charge is 0.366 e. The molecule has 0 unspecified atom stereocenters. The monoisotopic (exact) mass is 192 g/mol. The summed E-state index contributed by atoms with van der Waals surface area (Å²) in [6, 6.07) is 9.86. The summed E-state index contributed by atoms with van der Waals surface area (Å²) in [7, 11) is 0.